The molecule has 0 saturated heterocycles. The lowest BCUT2D eigenvalue weighted by atomic mass is 9.94. The third kappa shape index (κ3) is 2.18. The number of aromatic hydroxyl groups is 1. The van der Waals surface area contributed by atoms with Gasteiger partial charge in [0, 0.05) is 32.4 Å². The second-order valence-electron chi connectivity index (χ2n) is 5.80. The first-order chi connectivity index (χ1) is 9.99. The van der Waals surface area contributed by atoms with Crippen molar-refractivity contribution in [2.75, 3.05) is 30.9 Å². The molecule has 1 atom stereocenters. The molecule has 1 aromatic carbocycles. The van der Waals surface area contributed by atoms with Crippen molar-refractivity contribution in [3.63, 3.8) is 0 Å². The fraction of sp³-hybridized carbons (Fsp3) is 0.375. The van der Waals surface area contributed by atoms with Gasteiger partial charge in [-0.15, -0.1) is 0 Å². The molecule has 1 N–H and O–H groups in total. The van der Waals surface area contributed by atoms with E-state index in [1.54, 1.807) is 12.4 Å². The van der Waals surface area contributed by atoms with Gasteiger partial charge in [-0.3, -0.25) is 0 Å². The standard InChI is InChI=1S/C16H20N4O/c1-10-7-13-15(19(2)3)17-9-18-16(13)20(4)14-6-5-11(21)8-12(10)14/h5-6,8-10,21H,7H2,1-4H3. The SMILES string of the molecule is CC1Cc2c(N(C)C)ncnc2N(C)c2ccc(O)cc21. The monoisotopic (exact) mass is 284 g/mol. The van der Waals surface area contributed by atoms with Crippen LogP contribution in [0.3, 0.4) is 0 Å². The van der Waals surface area contributed by atoms with Crippen molar-refractivity contribution >= 4 is 17.3 Å². The van der Waals surface area contributed by atoms with Gasteiger partial charge in [-0.1, -0.05) is 6.92 Å². The van der Waals surface area contributed by atoms with Crippen molar-refractivity contribution < 1.29 is 5.11 Å². The number of fused-ring (bicyclic) bond motifs is 2. The Labute approximate surface area is 124 Å². The molecule has 1 unspecified atom stereocenters. The molecule has 0 radical (unpaired) electrons. The second-order valence-corrected chi connectivity index (χ2v) is 5.80. The van der Waals surface area contributed by atoms with Crippen LogP contribution in [0.15, 0.2) is 24.5 Å². The van der Waals surface area contributed by atoms with Crippen LogP contribution in [-0.2, 0) is 6.42 Å². The molecule has 21 heavy (non-hydrogen) atoms. The third-order valence-corrected chi connectivity index (χ3v) is 4.05. The molecule has 5 nitrogen and oxygen atoms in total. The number of benzene rings is 1. The Morgan fingerprint density at radius 2 is 2.05 bits per heavy atom. The summed E-state index contributed by atoms with van der Waals surface area (Å²) >= 11 is 0. The van der Waals surface area contributed by atoms with Crippen LogP contribution < -0.4 is 9.80 Å². The van der Waals surface area contributed by atoms with Gasteiger partial charge in [0.1, 0.15) is 23.7 Å². The van der Waals surface area contributed by atoms with Crippen LogP contribution in [0.2, 0.25) is 0 Å². The van der Waals surface area contributed by atoms with Crippen molar-refractivity contribution in [2.24, 2.45) is 0 Å². The molecule has 0 spiro atoms. The summed E-state index contributed by atoms with van der Waals surface area (Å²) in [5.41, 5.74) is 3.37. The highest BCUT2D eigenvalue weighted by molar-refractivity contribution is 5.72. The van der Waals surface area contributed by atoms with Gasteiger partial charge in [-0.25, -0.2) is 9.97 Å². The predicted octanol–water partition coefficient (Wildman–Crippen LogP) is 2.68. The number of phenolic OH excluding ortho intramolecular Hbond substituents is 1. The normalized spacial score (nSPS) is 17.0. The van der Waals surface area contributed by atoms with E-state index in [2.05, 4.69) is 21.8 Å². The highest BCUT2D eigenvalue weighted by atomic mass is 16.3. The zero-order valence-electron chi connectivity index (χ0n) is 12.8. The van der Waals surface area contributed by atoms with E-state index in [4.69, 9.17) is 0 Å². The molecule has 1 aromatic heterocycles. The van der Waals surface area contributed by atoms with E-state index >= 15 is 0 Å². The van der Waals surface area contributed by atoms with Gasteiger partial charge < -0.3 is 14.9 Å². The molecule has 3 rings (SSSR count). The predicted molar refractivity (Wildman–Crippen MR) is 84.6 cm³/mol. The molecular weight excluding hydrogens is 264 g/mol. The molecule has 0 amide bonds. The number of phenols is 1. The summed E-state index contributed by atoms with van der Waals surface area (Å²) in [6.45, 7) is 2.17. The van der Waals surface area contributed by atoms with Gasteiger partial charge in [-0.2, -0.15) is 0 Å². The van der Waals surface area contributed by atoms with Crippen molar-refractivity contribution in [3.05, 3.63) is 35.7 Å². The zero-order valence-corrected chi connectivity index (χ0v) is 12.8. The van der Waals surface area contributed by atoms with Crippen LogP contribution in [0.4, 0.5) is 17.3 Å². The van der Waals surface area contributed by atoms with Crippen molar-refractivity contribution in [1.82, 2.24) is 9.97 Å². The van der Waals surface area contributed by atoms with E-state index < -0.39 is 0 Å². The maximum atomic E-state index is 9.79. The minimum absolute atomic E-state index is 0.292. The summed E-state index contributed by atoms with van der Waals surface area (Å²) in [6, 6.07) is 5.53. The Morgan fingerprint density at radius 1 is 1.29 bits per heavy atom. The molecule has 0 bridgehead atoms. The fourth-order valence-electron chi connectivity index (χ4n) is 3.02. The number of aromatic nitrogens is 2. The van der Waals surface area contributed by atoms with Crippen LogP contribution in [0.25, 0.3) is 0 Å². The third-order valence-electron chi connectivity index (χ3n) is 4.05. The Morgan fingerprint density at radius 3 is 2.76 bits per heavy atom. The summed E-state index contributed by atoms with van der Waals surface area (Å²) in [4.78, 5) is 13.0. The van der Waals surface area contributed by atoms with E-state index in [0.717, 1.165) is 34.9 Å². The van der Waals surface area contributed by atoms with Gasteiger partial charge in [-0.05, 0) is 36.1 Å². The number of anilines is 3. The van der Waals surface area contributed by atoms with Crippen LogP contribution in [-0.4, -0.2) is 36.2 Å². The lowest BCUT2D eigenvalue weighted by molar-refractivity contribution is 0.474. The maximum Gasteiger partial charge on any atom is 0.141 e. The Balaban J connectivity index is 2.22. The van der Waals surface area contributed by atoms with Crippen LogP contribution in [0.5, 0.6) is 5.75 Å². The number of nitrogens with zero attached hydrogens (tertiary/aromatic N) is 4. The topological polar surface area (TPSA) is 52.5 Å². The van der Waals surface area contributed by atoms with E-state index in [1.165, 1.54) is 0 Å². The van der Waals surface area contributed by atoms with E-state index in [-0.39, 0.29) is 0 Å². The average molecular weight is 284 g/mol. The molecule has 2 aromatic rings. The van der Waals surface area contributed by atoms with E-state index in [9.17, 15) is 5.11 Å². The van der Waals surface area contributed by atoms with Gasteiger partial charge >= 0.3 is 0 Å². The van der Waals surface area contributed by atoms with Crippen LogP contribution >= 0.6 is 0 Å². The molecule has 1 aliphatic rings. The molecule has 0 aliphatic carbocycles. The highest BCUT2D eigenvalue weighted by Crippen LogP contribution is 2.42. The van der Waals surface area contributed by atoms with E-state index in [1.807, 2.05) is 38.2 Å². The first kappa shape index (κ1) is 13.7. The molecule has 0 saturated carbocycles. The lowest BCUT2D eigenvalue weighted by Crippen LogP contribution is -2.18. The van der Waals surface area contributed by atoms with E-state index in [0.29, 0.717) is 11.7 Å². The molecule has 0 fully saturated rings. The largest absolute Gasteiger partial charge is 0.508 e. The highest BCUT2D eigenvalue weighted by Gasteiger charge is 2.26. The maximum absolute atomic E-state index is 9.79. The van der Waals surface area contributed by atoms with Gasteiger partial charge in [0.15, 0.2) is 0 Å². The second kappa shape index (κ2) is 4.91. The Kier molecular flexibility index (Phi) is 3.20. The fourth-order valence-corrected chi connectivity index (χ4v) is 3.02. The summed E-state index contributed by atoms with van der Waals surface area (Å²) < 4.78 is 0. The first-order valence-electron chi connectivity index (χ1n) is 7.07. The molecular formula is C16H20N4O. The van der Waals surface area contributed by atoms with Gasteiger partial charge in [0.2, 0.25) is 0 Å². The van der Waals surface area contributed by atoms with Gasteiger partial charge in [0.25, 0.3) is 0 Å². The summed E-state index contributed by atoms with van der Waals surface area (Å²) in [5, 5.41) is 9.79. The van der Waals surface area contributed by atoms with Gasteiger partial charge in [0.05, 0.1) is 0 Å². The smallest absolute Gasteiger partial charge is 0.141 e. The Bertz CT molecular complexity index is 684. The lowest BCUT2D eigenvalue weighted by Gasteiger charge is -2.23. The molecule has 110 valence electrons. The Hall–Kier alpha value is -2.30. The van der Waals surface area contributed by atoms with Crippen LogP contribution in [0, 0.1) is 0 Å². The number of rotatable bonds is 1. The number of hydrogen-bond donors (Lipinski definition) is 1. The molecule has 2 heterocycles. The van der Waals surface area contributed by atoms with Crippen molar-refractivity contribution in [2.45, 2.75) is 19.3 Å². The minimum atomic E-state index is 0.292. The minimum Gasteiger partial charge on any atom is -0.508 e. The summed E-state index contributed by atoms with van der Waals surface area (Å²) in [5.74, 6) is 2.49. The number of hydrogen-bond acceptors (Lipinski definition) is 5. The zero-order chi connectivity index (χ0) is 15.1. The van der Waals surface area contributed by atoms with Crippen molar-refractivity contribution in [1.29, 1.82) is 0 Å². The quantitative estimate of drug-likeness (QED) is 0.872. The average Bonchev–Trinajstić information content (AvgIpc) is 2.55. The summed E-state index contributed by atoms with van der Waals surface area (Å²) in [7, 11) is 6.01. The van der Waals surface area contributed by atoms with Crippen LogP contribution in [0.1, 0.15) is 24.0 Å². The molecule has 5 heteroatoms. The molecule has 1 aliphatic heterocycles. The van der Waals surface area contributed by atoms with Crippen molar-refractivity contribution in [3.8, 4) is 5.75 Å². The first-order valence-corrected chi connectivity index (χ1v) is 7.07. The summed E-state index contributed by atoms with van der Waals surface area (Å²) in [6.07, 6.45) is 2.46.